The Balaban J connectivity index is 1.67. The summed E-state index contributed by atoms with van der Waals surface area (Å²) in [7, 11) is 0. The molecule has 0 aliphatic carbocycles. The Labute approximate surface area is 93.0 Å². The molecule has 2 rings (SSSR count). The molecule has 0 spiro atoms. The van der Waals surface area contributed by atoms with Gasteiger partial charge in [0.15, 0.2) is 0 Å². The molecule has 0 aromatic carbocycles. The summed E-state index contributed by atoms with van der Waals surface area (Å²) in [6, 6.07) is 0. The fourth-order valence-corrected chi connectivity index (χ4v) is 2.72. The summed E-state index contributed by atoms with van der Waals surface area (Å²) in [5.74, 6) is 0. The van der Waals surface area contributed by atoms with Crippen LogP contribution in [0.15, 0.2) is 0 Å². The largest absolute Gasteiger partial charge is 0.377 e. The smallest absolute Gasteiger partial charge is 0.0700 e. The zero-order valence-electron chi connectivity index (χ0n) is 9.85. The Bertz CT molecular complexity index is 184. The molecule has 3 heteroatoms. The molecule has 88 valence electrons. The fourth-order valence-electron chi connectivity index (χ4n) is 2.72. The van der Waals surface area contributed by atoms with Crippen molar-refractivity contribution < 1.29 is 4.74 Å². The second kappa shape index (κ2) is 5.28. The minimum absolute atomic E-state index is 0.374. The number of hydrogen-bond donors (Lipinski definition) is 2. The van der Waals surface area contributed by atoms with Gasteiger partial charge in [0, 0.05) is 25.2 Å². The van der Waals surface area contributed by atoms with E-state index in [2.05, 4.69) is 17.6 Å². The Morgan fingerprint density at radius 1 is 1.47 bits per heavy atom. The Hall–Kier alpha value is -0.120. The lowest BCUT2D eigenvalue weighted by Gasteiger charge is -2.29. The van der Waals surface area contributed by atoms with Gasteiger partial charge in [0.2, 0.25) is 0 Å². The topological polar surface area (TPSA) is 33.3 Å². The van der Waals surface area contributed by atoms with E-state index < -0.39 is 0 Å². The summed E-state index contributed by atoms with van der Waals surface area (Å²) in [6.07, 6.45) is 6.83. The van der Waals surface area contributed by atoms with Crippen LogP contribution >= 0.6 is 0 Å². The molecule has 2 saturated heterocycles. The van der Waals surface area contributed by atoms with E-state index in [9.17, 15) is 0 Å². The quantitative estimate of drug-likeness (QED) is 0.720. The van der Waals surface area contributed by atoms with Gasteiger partial charge in [-0.15, -0.1) is 0 Å². The van der Waals surface area contributed by atoms with Crippen molar-refractivity contribution in [3.63, 3.8) is 0 Å². The molecule has 3 nitrogen and oxygen atoms in total. The second-order valence-corrected chi connectivity index (χ2v) is 4.93. The van der Waals surface area contributed by atoms with Crippen LogP contribution in [0, 0.1) is 0 Å². The van der Waals surface area contributed by atoms with Crippen LogP contribution < -0.4 is 10.6 Å². The normalized spacial score (nSPS) is 36.2. The first-order chi connectivity index (χ1) is 7.35. The molecule has 0 radical (unpaired) electrons. The highest BCUT2D eigenvalue weighted by atomic mass is 16.5. The van der Waals surface area contributed by atoms with Crippen LogP contribution in [0.5, 0.6) is 0 Å². The van der Waals surface area contributed by atoms with Gasteiger partial charge in [-0.25, -0.2) is 0 Å². The minimum atomic E-state index is 0.374. The number of hydrogen-bond acceptors (Lipinski definition) is 3. The molecule has 0 saturated carbocycles. The zero-order chi connectivity index (χ0) is 10.6. The van der Waals surface area contributed by atoms with Gasteiger partial charge < -0.3 is 15.4 Å². The van der Waals surface area contributed by atoms with Crippen molar-refractivity contribution in [2.75, 3.05) is 26.2 Å². The van der Waals surface area contributed by atoms with Crippen molar-refractivity contribution in [3.05, 3.63) is 0 Å². The molecule has 2 unspecified atom stereocenters. The molecule has 0 amide bonds. The number of rotatable bonds is 5. The molecular formula is C12H24N2O. The third-order valence-corrected chi connectivity index (χ3v) is 3.87. The molecular weight excluding hydrogens is 188 g/mol. The van der Waals surface area contributed by atoms with Crippen LogP contribution in [0.4, 0.5) is 0 Å². The number of nitrogens with one attached hydrogen (secondary N) is 2. The van der Waals surface area contributed by atoms with E-state index in [1.807, 2.05) is 0 Å². The molecule has 2 heterocycles. The van der Waals surface area contributed by atoms with Gasteiger partial charge in [0.1, 0.15) is 0 Å². The van der Waals surface area contributed by atoms with Crippen molar-refractivity contribution in [2.24, 2.45) is 0 Å². The molecule has 2 aliphatic rings. The highest BCUT2D eigenvalue weighted by Crippen LogP contribution is 2.22. The van der Waals surface area contributed by atoms with Gasteiger partial charge >= 0.3 is 0 Å². The van der Waals surface area contributed by atoms with Crippen LogP contribution in [0.3, 0.4) is 0 Å². The average molecular weight is 212 g/mol. The second-order valence-electron chi connectivity index (χ2n) is 4.93. The van der Waals surface area contributed by atoms with Crippen molar-refractivity contribution in [3.8, 4) is 0 Å². The molecule has 2 atom stereocenters. The van der Waals surface area contributed by atoms with Crippen molar-refractivity contribution in [1.82, 2.24) is 10.6 Å². The lowest BCUT2D eigenvalue weighted by Crippen LogP contribution is -2.49. The summed E-state index contributed by atoms with van der Waals surface area (Å²) >= 11 is 0. The van der Waals surface area contributed by atoms with Crippen molar-refractivity contribution >= 4 is 0 Å². The standard InChI is InChI=1S/C12H24N2O/c1-2-12(6-4-7-14-12)10-13-9-11-5-3-8-15-11/h11,13-14H,2-10H2,1H3. The van der Waals surface area contributed by atoms with E-state index in [4.69, 9.17) is 4.74 Å². The van der Waals surface area contributed by atoms with Crippen LogP contribution in [0.25, 0.3) is 0 Å². The monoisotopic (exact) mass is 212 g/mol. The maximum atomic E-state index is 5.60. The molecule has 2 N–H and O–H groups in total. The van der Waals surface area contributed by atoms with Crippen LogP contribution in [-0.4, -0.2) is 37.9 Å². The first-order valence-electron chi connectivity index (χ1n) is 6.42. The van der Waals surface area contributed by atoms with E-state index in [-0.39, 0.29) is 0 Å². The van der Waals surface area contributed by atoms with Crippen LogP contribution in [0.1, 0.15) is 39.0 Å². The SMILES string of the molecule is CCC1(CNCC2CCCO2)CCCN1. The minimum Gasteiger partial charge on any atom is -0.377 e. The predicted molar refractivity (Wildman–Crippen MR) is 62.1 cm³/mol. The Morgan fingerprint density at radius 2 is 2.40 bits per heavy atom. The Kier molecular flexibility index (Phi) is 4.00. The summed E-state index contributed by atoms with van der Waals surface area (Å²) < 4.78 is 5.60. The lowest BCUT2D eigenvalue weighted by atomic mass is 9.94. The van der Waals surface area contributed by atoms with Gasteiger partial charge in [-0.3, -0.25) is 0 Å². The molecule has 0 aromatic rings. The highest BCUT2D eigenvalue weighted by molar-refractivity contribution is 4.93. The maximum absolute atomic E-state index is 5.60. The van der Waals surface area contributed by atoms with Gasteiger partial charge in [0.05, 0.1) is 6.10 Å². The maximum Gasteiger partial charge on any atom is 0.0700 e. The van der Waals surface area contributed by atoms with E-state index in [1.54, 1.807) is 0 Å². The highest BCUT2D eigenvalue weighted by Gasteiger charge is 2.31. The van der Waals surface area contributed by atoms with E-state index in [0.29, 0.717) is 11.6 Å². The Morgan fingerprint density at radius 3 is 3.00 bits per heavy atom. The third kappa shape index (κ3) is 2.92. The third-order valence-electron chi connectivity index (χ3n) is 3.87. The van der Waals surface area contributed by atoms with E-state index in [1.165, 1.54) is 38.6 Å². The molecule has 2 fully saturated rings. The van der Waals surface area contributed by atoms with Gasteiger partial charge in [-0.05, 0) is 38.6 Å². The first kappa shape index (κ1) is 11.4. The van der Waals surface area contributed by atoms with Gasteiger partial charge in [-0.1, -0.05) is 6.92 Å². The van der Waals surface area contributed by atoms with E-state index in [0.717, 1.165) is 19.7 Å². The molecule has 2 aliphatic heterocycles. The molecule has 0 aromatic heterocycles. The van der Waals surface area contributed by atoms with Crippen LogP contribution in [-0.2, 0) is 4.74 Å². The molecule has 0 bridgehead atoms. The lowest BCUT2D eigenvalue weighted by molar-refractivity contribution is 0.108. The number of ether oxygens (including phenoxy) is 1. The van der Waals surface area contributed by atoms with E-state index >= 15 is 0 Å². The predicted octanol–water partition coefficient (Wildman–Crippen LogP) is 1.29. The summed E-state index contributed by atoms with van der Waals surface area (Å²) in [5, 5.41) is 7.22. The first-order valence-corrected chi connectivity index (χ1v) is 6.42. The summed E-state index contributed by atoms with van der Waals surface area (Å²) in [5.41, 5.74) is 0.374. The fraction of sp³-hybridized carbons (Fsp3) is 1.00. The zero-order valence-corrected chi connectivity index (χ0v) is 9.85. The average Bonchev–Trinajstić information content (AvgIpc) is 2.89. The van der Waals surface area contributed by atoms with Gasteiger partial charge in [0.25, 0.3) is 0 Å². The summed E-state index contributed by atoms with van der Waals surface area (Å²) in [6.45, 7) is 6.57. The molecule has 15 heavy (non-hydrogen) atoms. The van der Waals surface area contributed by atoms with Crippen LogP contribution in [0.2, 0.25) is 0 Å². The summed E-state index contributed by atoms with van der Waals surface area (Å²) in [4.78, 5) is 0. The van der Waals surface area contributed by atoms with Crippen molar-refractivity contribution in [1.29, 1.82) is 0 Å². The van der Waals surface area contributed by atoms with Crippen molar-refractivity contribution in [2.45, 2.75) is 50.7 Å². The van der Waals surface area contributed by atoms with Gasteiger partial charge in [-0.2, -0.15) is 0 Å².